The van der Waals surface area contributed by atoms with Gasteiger partial charge in [-0.1, -0.05) is 29.3 Å². The Bertz CT molecular complexity index is 203. The van der Waals surface area contributed by atoms with E-state index >= 15 is 0 Å². The van der Waals surface area contributed by atoms with Crippen molar-refractivity contribution in [2.24, 2.45) is 0 Å². The maximum atomic E-state index is 5.70. The molecule has 0 heterocycles. The van der Waals surface area contributed by atoms with Crippen molar-refractivity contribution in [3.63, 3.8) is 0 Å². The summed E-state index contributed by atoms with van der Waals surface area (Å²) in [6, 6.07) is 7.73. The van der Waals surface area contributed by atoms with Crippen molar-refractivity contribution in [1.29, 1.82) is 0 Å². The first-order valence-electron chi connectivity index (χ1n) is 2.86. The molecule has 0 bridgehead atoms. The van der Waals surface area contributed by atoms with Crippen LogP contribution in [0.2, 0.25) is 5.02 Å². The van der Waals surface area contributed by atoms with Gasteiger partial charge >= 0.3 is 23.1 Å². The molecule has 1 aromatic carbocycles. The van der Waals surface area contributed by atoms with Gasteiger partial charge in [0.15, 0.2) is 0 Å². The molecule has 0 aliphatic carbocycles. The van der Waals surface area contributed by atoms with Gasteiger partial charge in [0, 0.05) is 5.02 Å². The van der Waals surface area contributed by atoms with Gasteiger partial charge in [-0.05, 0) is 12.1 Å². The van der Waals surface area contributed by atoms with Gasteiger partial charge in [-0.2, -0.15) is 6.42 Å². The van der Waals surface area contributed by atoms with E-state index in [1.807, 2.05) is 24.3 Å². The SMILES string of the molecule is [Br-].[CH2-]Cc1cccc(Cl)c1.[Mg+2]. The van der Waals surface area contributed by atoms with E-state index in [1.165, 1.54) is 5.56 Å². The third-order valence-corrected chi connectivity index (χ3v) is 1.41. The van der Waals surface area contributed by atoms with Crippen molar-refractivity contribution in [2.75, 3.05) is 0 Å². The molecule has 0 nitrogen and oxygen atoms in total. The quantitative estimate of drug-likeness (QED) is 0.454. The summed E-state index contributed by atoms with van der Waals surface area (Å²) in [6.45, 7) is 3.74. The van der Waals surface area contributed by atoms with Crippen LogP contribution >= 0.6 is 11.6 Å². The first kappa shape index (κ1) is 14.3. The van der Waals surface area contributed by atoms with Crippen molar-refractivity contribution < 1.29 is 17.0 Å². The molecule has 1 rings (SSSR count). The molecule has 0 amide bonds. The van der Waals surface area contributed by atoms with E-state index < -0.39 is 0 Å². The Kier molecular flexibility index (Phi) is 9.62. The van der Waals surface area contributed by atoms with Crippen LogP contribution in [0.5, 0.6) is 0 Å². The smallest absolute Gasteiger partial charge is 1.00 e. The van der Waals surface area contributed by atoms with Crippen LogP contribution < -0.4 is 17.0 Å². The number of hydrogen-bond acceptors (Lipinski definition) is 0. The van der Waals surface area contributed by atoms with Gasteiger partial charge in [0.1, 0.15) is 0 Å². The van der Waals surface area contributed by atoms with Crippen molar-refractivity contribution in [3.8, 4) is 0 Å². The van der Waals surface area contributed by atoms with Gasteiger partial charge in [-0.25, -0.2) is 0 Å². The standard InChI is InChI=1S/C8H8Cl.BrH.Mg/c1-2-7-4-3-5-8(9)6-7;;/h3-6H,1-2H2;1H;/q-1;;+2/p-1. The van der Waals surface area contributed by atoms with Gasteiger partial charge in [0.2, 0.25) is 0 Å². The molecule has 0 saturated heterocycles. The fourth-order valence-corrected chi connectivity index (χ4v) is 0.905. The van der Waals surface area contributed by atoms with E-state index in [-0.39, 0.29) is 40.0 Å². The second-order valence-electron chi connectivity index (χ2n) is 1.88. The van der Waals surface area contributed by atoms with E-state index in [0.29, 0.717) is 0 Å². The molecular weight excluding hydrogens is 236 g/mol. The van der Waals surface area contributed by atoms with E-state index in [2.05, 4.69) is 6.92 Å². The monoisotopic (exact) mass is 242 g/mol. The molecular formula is C8H8BrClMg. The molecule has 11 heavy (non-hydrogen) atoms. The third kappa shape index (κ3) is 5.07. The Labute approximate surface area is 99.2 Å². The van der Waals surface area contributed by atoms with Crippen LogP contribution in [0.4, 0.5) is 0 Å². The topological polar surface area (TPSA) is 0 Å². The van der Waals surface area contributed by atoms with Crippen LogP contribution in [0, 0.1) is 6.92 Å². The molecule has 0 unspecified atom stereocenters. The summed E-state index contributed by atoms with van der Waals surface area (Å²) in [5.74, 6) is 0. The fourth-order valence-electron chi connectivity index (χ4n) is 0.692. The Hall–Kier alpha value is 0.756. The average molecular weight is 244 g/mol. The van der Waals surface area contributed by atoms with E-state index in [9.17, 15) is 0 Å². The molecule has 0 fully saturated rings. The molecule has 0 atom stereocenters. The summed E-state index contributed by atoms with van der Waals surface area (Å²) in [5, 5.41) is 0.788. The maximum Gasteiger partial charge on any atom is 2.00 e. The molecule has 56 valence electrons. The predicted octanol–water partition coefficient (Wildman–Crippen LogP) is -0.660. The van der Waals surface area contributed by atoms with Crippen LogP contribution in [0.1, 0.15) is 5.56 Å². The zero-order chi connectivity index (χ0) is 6.69. The zero-order valence-corrected chi connectivity index (χ0v) is 9.94. The fraction of sp³-hybridized carbons (Fsp3) is 0.125. The first-order chi connectivity index (χ1) is 4.33. The maximum absolute atomic E-state index is 5.70. The van der Waals surface area contributed by atoms with Gasteiger partial charge in [0.05, 0.1) is 0 Å². The minimum absolute atomic E-state index is 0. The van der Waals surface area contributed by atoms with Crippen molar-refractivity contribution in [1.82, 2.24) is 0 Å². The van der Waals surface area contributed by atoms with E-state index in [0.717, 1.165) is 11.4 Å². The molecule has 0 aliphatic heterocycles. The molecule has 0 aliphatic rings. The molecule has 0 spiro atoms. The molecule has 0 radical (unpaired) electrons. The first-order valence-corrected chi connectivity index (χ1v) is 3.24. The molecule has 0 saturated carbocycles. The molecule has 0 aromatic heterocycles. The van der Waals surface area contributed by atoms with Crippen LogP contribution in [-0.2, 0) is 6.42 Å². The summed E-state index contributed by atoms with van der Waals surface area (Å²) >= 11 is 5.70. The Balaban J connectivity index is 0. The van der Waals surface area contributed by atoms with Gasteiger partial charge < -0.3 is 23.9 Å². The van der Waals surface area contributed by atoms with Crippen molar-refractivity contribution in [3.05, 3.63) is 41.8 Å². The second-order valence-corrected chi connectivity index (χ2v) is 2.32. The van der Waals surface area contributed by atoms with Gasteiger partial charge in [-0.15, -0.1) is 0 Å². The summed E-state index contributed by atoms with van der Waals surface area (Å²) in [4.78, 5) is 0. The van der Waals surface area contributed by atoms with E-state index in [1.54, 1.807) is 0 Å². The Morgan fingerprint density at radius 2 is 2.00 bits per heavy atom. The van der Waals surface area contributed by atoms with Crippen molar-refractivity contribution in [2.45, 2.75) is 6.42 Å². The van der Waals surface area contributed by atoms with Crippen LogP contribution in [-0.4, -0.2) is 23.1 Å². The predicted molar refractivity (Wildman–Crippen MR) is 46.3 cm³/mol. The van der Waals surface area contributed by atoms with E-state index in [4.69, 9.17) is 11.6 Å². The van der Waals surface area contributed by atoms with Crippen LogP contribution in [0.15, 0.2) is 24.3 Å². The molecule has 1 aromatic rings. The number of rotatable bonds is 1. The Morgan fingerprint density at radius 3 is 2.36 bits per heavy atom. The van der Waals surface area contributed by atoms with Gasteiger partial charge in [-0.3, -0.25) is 0 Å². The summed E-state index contributed by atoms with van der Waals surface area (Å²) in [6.07, 6.45) is 0.806. The number of benzene rings is 1. The number of hydrogen-bond donors (Lipinski definition) is 0. The minimum atomic E-state index is 0. The third-order valence-electron chi connectivity index (χ3n) is 1.18. The largest absolute Gasteiger partial charge is 2.00 e. The second kappa shape index (κ2) is 7.41. The molecule has 3 heteroatoms. The Morgan fingerprint density at radius 1 is 1.36 bits per heavy atom. The summed E-state index contributed by atoms with van der Waals surface area (Å²) in [7, 11) is 0. The average Bonchev–Trinajstić information content (AvgIpc) is 1.88. The number of halogens is 2. The summed E-state index contributed by atoms with van der Waals surface area (Å²) in [5.41, 5.74) is 1.18. The van der Waals surface area contributed by atoms with Gasteiger partial charge in [0.25, 0.3) is 0 Å². The van der Waals surface area contributed by atoms with Crippen LogP contribution in [0.3, 0.4) is 0 Å². The summed E-state index contributed by atoms with van der Waals surface area (Å²) < 4.78 is 0. The zero-order valence-electron chi connectivity index (χ0n) is 6.19. The van der Waals surface area contributed by atoms with Crippen molar-refractivity contribution >= 4 is 34.7 Å². The normalized spacial score (nSPS) is 7.82. The van der Waals surface area contributed by atoms with Crippen LogP contribution in [0.25, 0.3) is 0 Å². The minimum Gasteiger partial charge on any atom is -1.00 e. The molecule has 0 N–H and O–H groups in total.